The Balaban J connectivity index is 3.01. The molecule has 0 saturated carbocycles. The molecular weight excluding hydrogens is 349 g/mol. The van der Waals surface area contributed by atoms with Gasteiger partial charge in [0.05, 0.1) is 11.3 Å². The minimum absolute atomic E-state index is 0.168. The lowest BCUT2D eigenvalue weighted by atomic mass is 10.2. The molecule has 0 aliphatic heterocycles. The van der Waals surface area contributed by atoms with Crippen molar-refractivity contribution >= 4 is 31.8 Å². The Morgan fingerprint density at radius 1 is 1.32 bits per heavy atom. The van der Waals surface area contributed by atoms with Crippen LogP contribution in [-0.2, 0) is 16.4 Å². The number of nitrogens with one attached hydrogen (secondary N) is 2. The molecule has 9 heteroatoms. The first-order chi connectivity index (χ1) is 8.65. The van der Waals surface area contributed by atoms with E-state index in [1.165, 1.54) is 0 Å². The van der Waals surface area contributed by atoms with Crippen LogP contribution in [0.4, 0.5) is 18.9 Å². The molecule has 0 fully saturated rings. The number of rotatable bonds is 5. The van der Waals surface area contributed by atoms with E-state index in [1.807, 2.05) is 4.72 Å². The Morgan fingerprint density at radius 3 is 2.47 bits per heavy atom. The summed E-state index contributed by atoms with van der Waals surface area (Å²) in [6.07, 6.45) is -3.96. The van der Waals surface area contributed by atoms with Crippen molar-refractivity contribution in [3.63, 3.8) is 0 Å². The summed E-state index contributed by atoms with van der Waals surface area (Å²) < 4.78 is 65.2. The van der Waals surface area contributed by atoms with Crippen LogP contribution in [0.3, 0.4) is 0 Å². The van der Waals surface area contributed by atoms with Crippen LogP contribution in [0.15, 0.2) is 22.7 Å². The highest BCUT2D eigenvalue weighted by atomic mass is 79.9. The quantitative estimate of drug-likeness (QED) is 0.847. The maximum Gasteiger partial charge on any atom is 0.416 e. The second-order valence-electron chi connectivity index (χ2n) is 3.69. The fourth-order valence-electron chi connectivity index (χ4n) is 1.20. The van der Waals surface area contributed by atoms with Crippen molar-refractivity contribution in [1.82, 2.24) is 4.72 Å². The Kier molecular flexibility index (Phi) is 5.22. The van der Waals surface area contributed by atoms with E-state index < -0.39 is 21.9 Å². The zero-order valence-electron chi connectivity index (χ0n) is 9.88. The van der Waals surface area contributed by atoms with Crippen LogP contribution in [0.5, 0.6) is 0 Å². The number of hydrogen-bond donors (Lipinski definition) is 2. The smallest absolute Gasteiger partial charge is 0.270 e. The molecule has 1 aromatic rings. The lowest BCUT2D eigenvalue weighted by Crippen LogP contribution is -2.30. The van der Waals surface area contributed by atoms with Gasteiger partial charge in [-0.1, -0.05) is 6.92 Å². The van der Waals surface area contributed by atoms with Crippen molar-refractivity contribution in [1.29, 1.82) is 0 Å². The molecule has 0 aromatic heterocycles. The fourth-order valence-corrected chi connectivity index (χ4v) is 2.68. The Hall–Kier alpha value is -0.800. The van der Waals surface area contributed by atoms with E-state index in [-0.39, 0.29) is 16.7 Å². The van der Waals surface area contributed by atoms with Crippen LogP contribution in [0.2, 0.25) is 0 Å². The first-order valence-electron chi connectivity index (χ1n) is 5.30. The summed E-state index contributed by atoms with van der Waals surface area (Å²) in [5.74, 6) is 0. The molecule has 0 radical (unpaired) electrons. The zero-order chi connectivity index (χ0) is 14.7. The highest BCUT2D eigenvalue weighted by molar-refractivity contribution is 9.10. The molecule has 0 heterocycles. The van der Waals surface area contributed by atoms with E-state index in [4.69, 9.17) is 0 Å². The van der Waals surface area contributed by atoms with Crippen molar-refractivity contribution in [2.24, 2.45) is 0 Å². The topological polar surface area (TPSA) is 58.2 Å². The van der Waals surface area contributed by atoms with Gasteiger partial charge in [0.15, 0.2) is 0 Å². The lowest BCUT2D eigenvalue weighted by Gasteiger charge is -2.13. The van der Waals surface area contributed by atoms with Gasteiger partial charge >= 0.3 is 6.18 Å². The summed E-state index contributed by atoms with van der Waals surface area (Å²) in [7, 11) is -3.88. The summed E-state index contributed by atoms with van der Waals surface area (Å²) >= 11 is 3.00. The van der Waals surface area contributed by atoms with Crippen LogP contribution in [-0.4, -0.2) is 15.0 Å². The molecule has 0 aliphatic rings. The molecule has 0 atom stereocenters. The third-order valence-corrected chi connectivity index (χ3v) is 3.84. The Bertz CT molecular complexity index is 546. The first kappa shape index (κ1) is 16.3. The number of benzene rings is 1. The largest absolute Gasteiger partial charge is 0.416 e. The minimum Gasteiger partial charge on any atom is -0.270 e. The number of hydrogen-bond acceptors (Lipinski definition) is 2. The van der Waals surface area contributed by atoms with E-state index >= 15 is 0 Å². The average molecular weight is 361 g/mol. The van der Waals surface area contributed by atoms with Gasteiger partial charge in [-0.05, 0) is 40.5 Å². The lowest BCUT2D eigenvalue weighted by molar-refractivity contribution is -0.137. The maximum atomic E-state index is 12.5. The van der Waals surface area contributed by atoms with Gasteiger partial charge in [-0.3, -0.25) is 4.72 Å². The predicted molar refractivity (Wildman–Crippen MR) is 70.0 cm³/mol. The summed E-state index contributed by atoms with van der Waals surface area (Å²) in [5, 5.41) is 0. The number of halogens is 4. The van der Waals surface area contributed by atoms with Gasteiger partial charge in [0, 0.05) is 11.0 Å². The molecule has 0 unspecified atom stereocenters. The molecule has 2 N–H and O–H groups in total. The Labute approximate surface area is 117 Å². The van der Waals surface area contributed by atoms with Crippen LogP contribution in [0, 0.1) is 0 Å². The predicted octanol–water partition coefficient (Wildman–Crippen LogP) is 3.12. The summed E-state index contributed by atoms with van der Waals surface area (Å²) in [5.41, 5.74) is -1.10. The van der Waals surface area contributed by atoms with E-state index in [1.54, 1.807) is 6.92 Å². The summed E-state index contributed by atoms with van der Waals surface area (Å²) in [4.78, 5) is 0. The molecule has 4 nitrogen and oxygen atoms in total. The van der Waals surface area contributed by atoms with Gasteiger partial charge in [0.2, 0.25) is 0 Å². The van der Waals surface area contributed by atoms with Crippen LogP contribution in [0.25, 0.3) is 0 Å². The maximum absolute atomic E-state index is 12.5. The molecule has 1 aromatic carbocycles. The highest BCUT2D eigenvalue weighted by Crippen LogP contribution is 2.34. The first-order valence-corrected chi connectivity index (χ1v) is 7.57. The number of anilines is 1. The van der Waals surface area contributed by atoms with Crippen molar-refractivity contribution in [3.05, 3.63) is 28.2 Å². The van der Waals surface area contributed by atoms with Crippen molar-refractivity contribution in [3.8, 4) is 0 Å². The molecule has 1 rings (SSSR count). The summed E-state index contributed by atoms with van der Waals surface area (Å²) in [6, 6.07) is 2.73. The van der Waals surface area contributed by atoms with Crippen molar-refractivity contribution < 1.29 is 21.6 Å². The monoisotopic (exact) mass is 360 g/mol. The van der Waals surface area contributed by atoms with Gasteiger partial charge < -0.3 is 0 Å². The van der Waals surface area contributed by atoms with Gasteiger partial charge in [-0.2, -0.15) is 26.3 Å². The standard InChI is InChI=1S/C10H12BrF3N2O2S/c1-2-5-15-19(17,18)16-9-6-7(10(12,13)14)3-4-8(9)11/h3-4,6,15-16H,2,5H2,1H3. The Morgan fingerprint density at radius 2 is 1.95 bits per heavy atom. The van der Waals surface area contributed by atoms with Crippen LogP contribution < -0.4 is 9.44 Å². The summed E-state index contributed by atoms with van der Waals surface area (Å²) in [6.45, 7) is 1.97. The van der Waals surface area contributed by atoms with Crippen LogP contribution >= 0.6 is 15.9 Å². The zero-order valence-corrected chi connectivity index (χ0v) is 12.3. The molecule has 0 bridgehead atoms. The molecule has 0 amide bonds. The fraction of sp³-hybridized carbons (Fsp3) is 0.400. The molecule has 108 valence electrons. The van der Waals surface area contributed by atoms with Gasteiger partial charge in [-0.25, -0.2) is 0 Å². The molecule has 0 spiro atoms. The third kappa shape index (κ3) is 5.00. The molecular formula is C10H12BrF3N2O2S. The van der Waals surface area contributed by atoms with Gasteiger partial charge in [-0.15, -0.1) is 0 Å². The molecule has 19 heavy (non-hydrogen) atoms. The van der Waals surface area contributed by atoms with Crippen molar-refractivity contribution in [2.75, 3.05) is 11.3 Å². The molecule has 0 aliphatic carbocycles. The highest BCUT2D eigenvalue weighted by Gasteiger charge is 2.31. The normalized spacial score (nSPS) is 12.5. The molecule has 0 saturated heterocycles. The van der Waals surface area contributed by atoms with Gasteiger partial charge in [0.25, 0.3) is 10.2 Å². The third-order valence-electron chi connectivity index (χ3n) is 2.08. The number of alkyl halides is 3. The van der Waals surface area contributed by atoms with Gasteiger partial charge in [0.1, 0.15) is 0 Å². The minimum atomic E-state index is -4.53. The van der Waals surface area contributed by atoms with E-state index in [9.17, 15) is 21.6 Å². The van der Waals surface area contributed by atoms with Crippen molar-refractivity contribution in [2.45, 2.75) is 19.5 Å². The van der Waals surface area contributed by atoms with E-state index in [0.29, 0.717) is 6.42 Å². The van der Waals surface area contributed by atoms with E-state index in [0.717, 1.165) is 18.2 Å². The van der Waals surface area contributed by atoms with Crippen LogP contribution in [0.1, 0.15) is 18.9 Å². The second-order valence-corrected chi connectivity index (χ2v) is 6.05. The average Bonchev–Trinajstić information content (AvgIpc) is 2.28. The second kappa shape index (κ2) is 6.10. The SMILES string of the molecule is CCCNS(=O)(=O)Nc1cc(C(F)(F)F)ccc1Br. The van der Waals surface area contributed by atoms with E-state index in [2.05, 4.69) is 20.7 Å².